The normalized spacial score (nSPS) is 15.6. The molecule has 0 saturated carbocycles. The average Bonchev–Trinajstić information content (AvgIpc) is 2.60. The molecule has 0 spiro atoms. The van der Waals surface area contributed by atoms with Crippen molar-refractivity contribution in [3.05, 3.63) is 0 Å². The van der Waals surface area contributed by atoms with Gasteiger partial charge in [-0.15, -0.1) is 0 Å². The molecule has 0 aromatic heterocycles. The van der Waals surface area contributed by atoms with Gasteiger partial charge in [0.1, 0.15) is 13.2 Å². The van der Waals surface area contributed by atoms with Crippen LogP contribution in [0, 0.1) is 0 Å². The molecule has 0 saturated heterocycles. The van der Waals surface area contributed by atoms with Gasteiger partial charge in [0.05, 0.1) is 37.1 Å². The lowest BCUT2D eigenvalue weighted by Crippen LogP contribution is -2.44. The third kappa shape index (κ3) is 13.0. The number of carbonyl (C=O) groups is 2. The second-order valence-electron chi connectivity index (χ2n) is 9.45. The van der Waals surface area contributed by atoms with Gasteiger partial charge in [-0.1, -0.05) is 0 Å². The van der Waals surface area contributed by atoms with Crippen LogP contribution in [0.15, 0.2) is 0 Å². The first-order valence-corrected chi connectivity index (χ1v) is 11.0. The second-order valence-corrected chi connectivity index (χ2v) is 9.45. The largest absolute Gasteiger partial charge is 0.461 e. The minimum atomic E-state index is -1.17. The highest BCUT2D eigenvalue weighted by Crippen LogP contribution is 2.18. The fourth-order valence-electron chi connectivity index (χ4n) is 2.71. The molecule has 0 heterocycles. The van der Waals surface area contributed by atoms with E-state index in [0.29, 0.717) is 0 Å². The summed E-state index contributed by atoms with van der Waals surface area (Å²) < 4.78 is 33.3. The van der Waals surface area contributed by atoms with Gasteiger partial charge in [-0.25, -0.2) is 9.59 Å². The van der Waals surface area contributed by atoms with Gasteiger partial charge in [-0.2, -0.15) is 0 Å². The molecule has 0 aliphatic rings. The van der Waals surface area contributed by atoms with E-state index in [1.54, 1.807) is 34.6 Å². The zero-order chi connectivity index (χ0) is 24.4. The summed E-state index contributed by atoms with van der Waals surface area (Å²) in [6.45, 7) is 20.1. The van der Waals surface area contributed by atoms with E-state index >= 15 is 0 Å². The van der Waals surface area contributed by atoms with Crippen molar-refractivity contribution in [1.29, 1.82) is 0 Å². The quantitative estimate of drug-likeness (QED) is 0.351. The molecule has 31 heavy (non-hydrogen) atoms. The summed E-state index contributed by atoms with van der Waals surface area (Å²) in [5.41, 5.74) is -2.34. The van der Waals surface area contributed by atoms with Gasteiger partial charge in [0, 0.05) is 0 Å². The number of hydrogen-bond donors (Lipinski definition) is 0. The molecule has 0 N–H and O–H groups in total. The monoisotopic (exact) mass is 448 g/mol. The fourth-order valence-corrected chi connectivity index (χ4v) is 2.71. The minimum absolute atomic E-state index is 0.0520. The third-order valence-corrected chi connectivity index (χ3v) is 4.07. The van der Waals surface area contributed by atoms with Crippen molar-refractivity contribution in [3.63, 3.8) is 0 Å². The van der Waals surface area contributed by atoms with Crippen molar-refractivity contribution in [2.45, 2.75) is 118 Å². The Hall–Kier alpha value is -1.22. The maximum atomic E-state index is 12.4. The van der Waals surface area contributed by atoms with E-state index in [0.717, 1.165) is 0 Å². The fraction of sp³-hybridized carbons (Fsp3) is 0.913. The van der Waals surface area contributed by atoms with E-state index in [4.69, 9.17) is 28.4 Å². The molecule has 8 nitrogen and oxygen atoms in total. The molecule has 8 heteroatoms. The lowest BCUT2D eigenvalue weighted by atomic mass is 10.1. The van der Waals surface area contributed by atoms with Crippen LogP contribution in [0.1, 0.15) is 76.2 Å². The van der Waals surface area contributed by atoms with Gasteiger partial charge in [-0.3, -0.25) is 0 Å². The van der Waals surface area contributed by atoms with Crippen LogP contribution in [0.4, 0.5) is 0 Å². The first kappa shape index (κ1) is 29.8. The molecule has 0 bridgehead atoms. The van der Waals surface area contributed by atoms with Crippen molar-refractivity contribution >= 4 is 11.9 Å². The summed E-state index contributed by atoms with van der Waals surface area (Å²) in [5.74, 6) is -0.979. The van der Waals surface area contributed by atoms with E-state index in [9.17, 15) is 9.59 Å². The topological polar surface area (TPSA) is 89.5 Å². The Morgan fingerprint density at radius 3 is 1.39 bits per heavy atom. The van der Waals surface area contributed by atoms with E-state index in [-0.39, 0.29) is 44.2 Å². The van der Waals surface area contributed by atoms with Crippen molar-refractivity contribution in [2.75, 3.05) is 19.8 Å². The molecule has 0 fully saturated rings. The molecule has 0 aliphatic carbocycles. The molecule has 0 rings (SSSR count). The summed E-state index contributed by atoms with van der Waals surface area (Å²) in [5, 5.41) is 0. The summed E-state index contributed by atoms with van der Waals surface area (Å²) in [6, 6.07) is 0. The van der Waals surface area contributed by atoms with E-state index in [2.05, 4.69) is 0 Å². The van der Waals surface area contributed by atoms with Gasteiger partial charge in [0.25, 0.3) is 0 Å². The molecule has 184 valence electrons. The van der Waals surface area contributed by atoms with Gasteiger partial charge in [-0.05, 0) is 76.2 Å². The summed E-state index contributed by atoms with van der Waals surface area (Å²) in [7, 11) is 0. The molecular weight excluding hydrogens is 404 g/mol. The molecule has 3 atom stereocenters. The van der Waals surface area contributed by atoms with Crippen LogP contribution in [0.3, 0.4) is 0 Å². The minimum Gasteiger partial charge on any atom is -0.461 e. The van der Waals surface area contributed by atoms with Crippen LogP contribution in [-0.4, -0.2) is 73.5 Å². The molecule has 0 aromatic carbocycles. The summed E-state index contributed by atoms with van der Waals surface area (Å²) in [6.07, 6.45) is -0.765. The van der Waals surface area contributed by atoms with E-state index < -0.39 is 29.2 Å². The SMILES string of the molecule is CC(C)OC(C)COC(=O)C(C)(C)OCC(C)OC(C)(C)C(=O)OCC(C)OC(C)C. The molecule has 3 unspecified atom stereocenters. The number of esters is 2. The Morgan fingerprint density at radius 2 is 1.00 bits per heavy atom. The predicted molar refractivity (Wildman–Crippen MR) is 118 cm³/mol. The van der Waals surface area contributed by atoms with Crippen molar-refractivity contribution in [2.24, 2.45) is 0 Å². The highest BCUT2D eigenvalue weighted by atomic mass is 16.6. The van der Waals surface area contributed by atoms with Crippen molar-refractivity contribution in [1.82, 2.24) is 0 Å². The standard InChI is InChI=1S/C23H44O8/c1-15(2)29-17(5)12-26-20(24)22(8,9)28-14-19(7)31-23(10,11)21(25)27-13-18(6)30-16(3)4/h15-19H,12-14H2,1-11H3. The zero-order valence-corrected chi connectivity index (χ0v) is 21.3. The van der Waals surface area contributed by atoms with Crippen LogP contribution >= 0.6 is 0 Å². The van der Waals surface area contributed by atoms with Gasteiger partial charge < -0.3 is 28.4 Å². The number of hydrogen-bond acceptors (Lipinski definition) is 8. The lowest BCUT2D eigenvalue weighted by Gasteiger charge is -2.30. The van der Waals surface area contributed by atoms with Crippen LogP contribution in [0.25, 0.3) is 0 Å². The smallest absolute Gasteiger partial charge is 0.337 e. The average molecular weight is 449 g/mol. The van der Waals surface area contributed by atoms with Crippen LogP contribution in [-0.2, 0) is 38.0 Å². The first-order chi connectivity index (χ1) is 14.1. The van der Waals surface area contributed by atoms with Crippen molar-refractivity contribution < 1.29 is 38.0 Å². The molecule has 0 amide bonds. The van der Waals surface area contributed by atoms with Crippen molar-refractivity contribution in [3.8, 4) is 0 Å². The zero-order valence-electron chi connectivity index (χ0n) is 21.3. The Kier molecular flexibility index (Phi) is 12.8. The number of ether oxygens (including phenoxy) is 6. The van der Waals surface area contributed by atoms with Gasteiger partial charge in [0.2, 0.25) is 0 Å². The Labute approximate surface area is 188 Å². The van der Waals surface area contributed by atoms with Crippen LogP contribution in [0.2, 0.25) is 0 Å². The predicted octanol–water partition coefficient (Wildman–Crippen LogP) is 3.68. The van der Waals surface area contributed by atoms with Gasteiger partial charge >= 0.3 is 11.9 Å². The van der Waals surface area contributed by atoms with Crippen LogP contribution in [0.5, 0.6) is 0 Å². The molecule has 0 aromatic rings. The van der Waals surface area contributed by atoms with E-state index in [1.807, 2.05) is 41.5 Å². The Bertz CT molecular complexity index is 542. The maximum Gasteiger partial charge on any atom is 0.337 e. The molecular formula is C23H44O8. The van der Waals surface area contributed by atoms with E-state index in [1.165, 1.54) is 0 Å². The highest BCUT2D eigenvalue weighted by Gasteiger charge is 2.35. The first-order valence-electron chi connectivity index (χ1n) is 11.0. The Balaban J connectivity index is 4.50. The third-order valence-electron chi connectivity index (χ3n) is 4.07. The van der Waals surface area contributed by atoms with Gasteiger partial charge in [0.15, 0.2) is 11.2 Å². The molecule has 0 radical (unpaired) electrons. The number of rotatable bonds is 15. The highest BCUT2D eigenvalue weighted by molar-refractivity contribution is 5.79. The lowest BCUT2D eigenvalue weighted by molar-refractivity contribution is -0.190. The van der Waals surface area contributed by atoms with Crippen LogP contribution < -0.4 is 0 Å². The molecule has 0 aliphatic heterocycles. The second kappa shape index (κ2) is 13.4. The Morgan fingerprint density at radius 1 is 0.613 bits per heavy atom. The summed E-state index contributed by atoms with van der Waals surface area (Å²) in [4.78, 5) is 24.8. The maximum absolute atomic E-state index is 12.4. The summed E-state index contributed by atoms with van der Waals surface area (Å²) >= 11 is 0. The number of carbonyl (C=O) groups excluding carboxylic acids is 2.